The fraction of sp³-hybridized carbons (Fsp3) is 0.333. The lowest BCUT2D eigenvalue weighted by molar-refractivity contribution is 0.0506. The van der Waals surface area contributed by atoms with E-state index in [1.165, 1.54) is 0 Å². The number of halogens is 1. The monoisotopic (exact) mass is 285 g/mol. The third kappa shape index (κ3) is 5.96. The van der Waals surface area contributed by atoms with Crippen LogP contribution in [-0.4, -0.2) is 17.7 Å². The maximum absolute atomic E-state index is 11.5. The SMILES string of the molecule is CC(C)(C)OC(=O)NNC(=O)Nc1ccccc1Cl. The van der Waals surface area contributed by atoms with Gasteiger partial charge in [-0.2, -0.15) is 0 Å². The number of carbonyl (C=O) groups excluding carboxylic acids is 2. The minimum atomic E-state index is -0.748. The summed E-state index contributed by atoms with van der Waals surface area (Å²) in [6.07, 6.45) is -0.748. The number of urea groups is 1. The molecular weight excluding hydrogens is 270 g/mol. The third-order valence-electron chi connectivity index (χ3n) is 1.80. The van der Waals surface area contributed by atoms with Crippen molar-refractivity contribution < 1.29 is 14.3 Å². The number of nitrogens with one attached hydrogen (secondary N) is 3. The van der Waals surface area contributed by atoms with Crippen LogP contribution >= 0.6 is 11.6 Å². The molecule has 0 fully saturated rings. The fourth-order valence-electron chi connectivity index (χ4n) is 1.13. The van der Waals surface area contributed by atoms with Gasteiger partial charge in [0.1, 0.15) is 5.60 Å². The fourth-order valence-corrected chi connectivity index (χ4v) is 1.31. The Kier molecular flexibility index (Phi) is 5.00. The lowest BCUT2D eigenvalue weighted by Crippen LogP contribution is -2.46. The molecule has 0 saturated heterocycles. The standard InChI is InChI=1S/C12H16ClN3O3/c1-12(2,3)19-11(18)16-15-10(17)14-9-7-5-4-6-8(9)13/h4-7H,1-3H3,(H,16,18)(H2,14,15,17). The highest BCUT2D eigenvalue weighted by Gasteiger charge is 2.16. The zero-order valence-corrected chi connectivity index (χ0v) is 11.7. The van der Waals surface area contributed by atoms with Crippen molar-refractivity contribution in [1.82, 2.24) is 10.9 Å². The maximum atomic E-state index is 11.5. The summed E-state index contributed by atoms with van der Waals surface area (Å²) in [5.41, 5.74) is 4.06. The van der Waals surface area contributed by atoms with Crippen LogP contribution in [0.2, 0.25) is 5.02 Å². The molecule has 1 rings (SSSR count). The highest BCUT2D eigenvalue weighted by molar-refractivity contribution is 6.33. The van der Waals surface area contributed by atoms with Crippen LogP contribution in [0.3, 0.4) is 0 Å². The van der Waals surface area contributed by atoms with E-state index in [0.717, 1.165) is 0 Å². The normalized spacial score (nSPS) is 10.5. The Labute approximate surface area is 116 Å². The molecule has 0 heterocycles. The molecular formula is C12H16ClN3O3. The molecule has 0 atom stereocenters. The van der Waals surface area contributed by atoms with Crippen molar-refractivity contribution in [2.24, 2.45) is 0 Å². The number of hydrogen-bond acceptors (Lipinski definition) is 3. The molecule has 0 radical (unpaired) electrons. The van der Waals surface area contributed by atoms with Gasteiger partial charge >= 0.3 is 12.1 Å². The van der Waals surface area contributed by atoms with Crippen molar-refractivity contribution in [2.75, 3.05) is 5.32 Å². The first kappa shape index (κ1) is 15.1. The van der Waals surface area contributed by atoms with E-state index in [9.17, 15) is 9.59 Å². The number of anilines is 1. The van der Waals surface area contributed by atoms with E-state index in [4.69, 9.17) is 16.3 Å². The Morgan fingerprint density at radius 3 is 2.37 bits per heavy atom. The Balaban J connectivity index is 2.41. The predicted molar refractivity (Wildman–Crippen MR) is 73.0 cm³/mol. The average molecular weight is 286 g/mol. The Bertz CT molecular complexity index is 472. The van der Waals surface area contributed by atoms with Crippen molar-refractivity contribution in [1.29, 1.82) is 0 Å². The maximum Gasteiger partial charge on any atom is 0.426 e. The Hall–Kier alpha value is -1.95. The zero-order valence-electron chi connectivity index (χ0n) is 10.9. The van der Waals surface area contributed by atoms with Gasteiger partial charge in [0.05, 0.1) is 10.7 Å². The summed E-state index contributed by atoms with van der Waals surface area (Å²) in [7, 11) is 0. The van der Waals surface area contributed by atoms with Crippen molar-refractivity contribution >= 4 is 29.4 Å². The second-order valence-corrected chi connectivity index (χ2v) is 5.09. The van der Waals surface area contributed by atoms with Crippen LogP contribution in [0.15, 0.2) is 24.3 Å². The van der Waals surface area contributed by atoms with E-state index >= 15 is 0 Å². The molecule has 1 aromatic carbocycles. The lowest BCUT2D eigenvalue weighted by atomic mass is 10.2. The molecule has 104 valence electrons. The van der Waals surface area contributed by atoms with Gasteiger partial charge in [0.15, 0.2) is 0 Å². The minimum absolute atomic E-state index is 0.398. The van der Waals surface area contributed by atoms with Gasteiger partial charge in [-0.05, 0) is 32.9 Å². The number of para-hydroxylation sites is 1. The molecule has 0 aliphatic rings. The smallest absolute Gasteiger partial charge is 0.426 e. The minimum Gasteiger partial charge on any atom is -0.443 e. The molecule has 19 heavy (non-hydrogen) atoms. The molecule has 0 aliphatic heterocycles. The van der Waals surface area contributed by atoms with Crippen molar-refractivity contribution in [2.45, 2.75) is 26.4 Å². The molecule has 1 aromatic rings. The van der Waals surface area contributed by atoms with Gasteiger partial charge in [-0.1, -0.05) is 23.7 Å². The van der Waals surface area contributed by atoms with E-state index in [-0.39, 0.29) is 0 Å². The topological polar surface area (TPSA) is 79.5 Å². The first-order chi connectivity index (χ1) is 8.78. The molecule has 0 aliphatic carbocycles. The molecule has 6 nitrogen and oxygen atoms in total. The molecule has 0 unspecified atom stereocenters. The van der Waals surface area contributed by atoms with Gasteiger partial charge in [-0.3, -0.25) is 0 Å². The highest BCUT2D eigenvalue weighted by atomic mass is 35.5. The summed E-state index contributed by atoms with van der Waals surface area (Å²) in [6.45, 7) is 5.16. The van der Waals surface area contributed by atoms with Crippen molar-refractivity contribution in [3.8, 4) is 0 Å². The average Bonchev–Trinajstić information content (AvgIpc) is 2.27. The van der Waals surface area contributed by atoms with Gasteiger partial charge in [0.25, 0.3) is 0 Å². The molecule has 0 aromatic heterocycles. The second-order valence-electron chi connectivity index (χ2n) is 4.69. The van der Waals surface area contributed by atoms with Crippen molar-refractivity contribution in [3.63, 3.8) is 0 Å². The van der Waals surface area contributed by atoms with Crippen LogP contribution in [0.5, 0.6) is 0 Å². The first-order valence-electron chi connectivity index (χ1n) is 5.58. The summed E-state index contributed by atoms with van der Waals surface area (Å²) in [5, 5.41) is 2.87. The second kappa shape index (κ2) is 6.29. The largest absolute Gasteiger partial charge is 0.443 e. The molecule has 0 bridgehead atoms. The number of hydrazine groups is 1. The summed E-state index contributed by atoms with van der Waals surface area (Å²) in [5.74, 6) is 0. The van der Waals surface area contributed by atoms with E-state index < -0.39 is 17.7 Å². The van der Waals surface area contributed by atoms with E-state index in [2.05, 4.69) is 16.2 Å². The number of amides is 3. The van der Waals surface area contributed by atoms with E-state index in [0.29, 0.717) is 10.7 Å². The van der Waals surface area contributed by atoms with Gasteiger partial charge in [-0.15, -0.1) is 0 Å². The van der Waals surface area contributed by atoms with E-state index in [1.54, 1.807) is 45.0 Å². The first-order valence-corrected chi connectivity index (χ1v) is 5.96. The number of ether oxygens (including phenoxy) is 1. The van der Waals surface area contributed by atoms with Crippen LogP contribution in [0.25, 0.3) is 0 Å². The van der Waals surface area contributed by atoms with Crippen LogP contribution in [0, 0.1) is 0 Å². The molecule has 0 spiro atoms. The van der Waals surface area contributed by atoms with Crippen LogP contribution in [-0.2, 0) is 4.74 Å². The molecule has 0 saturated carbocycles. The number of hydrogen-bond donors (Lipinski definition) is 3. The van der Waals surface area contributed by atoms with Gasteiger partial charge < -0.3 is 10.1 Å². The Morgan fingerprint density at radius 1 is 1.16 bits per heavy atom. The summed E-state index contributed by atoms with van der Waals surface area (Å²) >= 11 is 5.86. The van der Waals surface area contributed by atoms with Gasteiger partial charge in [0.2, 0.25) is 0 Å². The Morgan fingerprint density at radius 2 is 1.79 bits per heavy atom. The van der Waals surface area contributed by atoms with Gasteiger partial charge in [-0.25, -0.2) is 20.4 Å². The van der Waals surface area contributed by atoms with E-state index in [1.807, 2.05) is 0 Å². The quantitative estimate of drug-likeness (QED) is 0.694. The van der Waals surface area contributed by atoms with Crippen LogP contribution in [0.1, 0.15) is 20.8 Å². The zero-order chi connectivity index (χ0) is 14.5. The predicted octanol–water partition coefficient (Wildman–Crippen LogP) is 2.90. The molecule has 3 N–H and O–H groups in total. The highest BCUT2D eigenvalue weighted by Crippen LogP contribution is 2.19. The van der Waals surface area contributed by atoms with Gasteiger partial charge in [0, 0.05) is 0 Å². The van der Waals surface area contributed by atoms with Crippen LogP contribution in [0.4, 0.5) is 15.3 Å². The number of carbonyl (C=O) groups is 2. The van der Waals surface area contributed by atoms with Crippen LogP contribution < -0.4 is 16.2 Å². The lowest BCUT2D eigenvalue weighted by Gasteiger charge is -2.19. The third-order valence-corrected chi connectivity index (χ3v) is 2.13. The number of rotatable bonds is 1. The number of benzene rings is 1. The summed E-state index contributed by atoms with van der Waals surface area (Å²) in [4.78, 5) is 22.8. The van der Waals surface area contributed by atoms with Crippen molar-refractivity contribution in [3.05, 3.63) is 29.3 Å². The summed E-state index contributed by atoms with van der Waals surface area (Å²) < 4.78 is 4.94. The molecule has 7 heteroatoms. The summed E-state index contributed by atoms with van der Waals surface area (Å²) in [6, 6.07) is 6.11. The molecule has 3 amide bonds.